The molecular weight excluding hydrogens is 314 g/mol. The fraction of sp³-hybridized carbons (Fsp3) is 0.188. The number of hydrogen-bond donors (Lipinski definition) is 5. The van der Waals surface area contributed by atoms with Gasteiger partial charge in [-0.1, -0.05) is 29.8 Å². The number of carbonyl (C=O) groups excluding carboxylic acids is 1. The fourth-order valence-electron chi connectivity index (χ4n) is 2.40. The molecule has 1 aliphatic heterocycles. The van der Waals surface area contributed by atoms with E-state index in [9.17, 15) is 4.79 Å². The maximum absolute atomic E-state index is 12.5. The minimum Gasteiger partial charge on any atom is -0.367 e. The second-order valence-corrected chi connectivity index (χ2v) is 5.82. The third kappa shape index (κ3) is 4.00. The number of rotatable bonds is 4. The van der Waals surface area contributed by atoms with Crippen LogP contribution < -0.4 is 27.0 Å². The molecule has 1 heterocycles. The zero-order valence-corrected chi connectivity index (χ0v) is 13.3. The molecule has 1 saturated heterocycles. The van der Waals surface area contributed by atoms with Crippen LogP contribution in [-0.4, -0.2) is 18.1 Å². The summed E-state index contributed by atoms with van der Waals surface area (Å²) in [6, 6.07) is 14.5. The molecule has 2 atom stereocenters. The van der Waals surface area contributed by atoms with Crippen LogP contribution in [0.5, 0.6) is 0 Å². The van der Waals surface area contributed by atoms with Gasteiger partial charge in [-0.3, -0.25) is 4.79 Å². The van der Waals surface area contributed by atoms with Crippen molar-refractivity contribution >= 4 is 28.9 Å². The molecule has 0 spiro atoms. The first kappa shape index (κ1) is 15.8. The molecule has 2 aromatic carbocycles. The summed E-state index contributed by atoms with van der Waals surface area (Å²) in [7, 11) is 0. The summed E-state index contributed by atoms with van der Waals surface area (Å²) < 4.78 is 0. The van der Waals surface area contributed by atoms with Gasteiger partial charge in [0.05, 0.1) is 0 Å². The number of aryl methyl sites for hydroxylation is 1. The number of amides is 1. The normalized spacial score (nSPS) is 20.3. The van der Waals surface area contributed by atoms with Crippen LogP contribution in [0.25, 0.3) is 0 Å². The van der Waals surface area contributed by atoms with Gasteiger partial charge < -0.3 is 10.6 Å². The molecule has 1 aliphatic rings. The molecule has 0 aromatic heterocycles. The lowest BCUT2D eigenvalue weighted by Crippen LogP contribution is -2.47. The molecule has 0 radical (unpaired) electrons. The molecule has 120 valence electrons. The molecule has 0 bridgehead atoms. The first-order valence-corrected chi connectivity index (χ1v) is 7.65. The minimum atomic E-state index is -0.491. The first-order valence-electron chi connectivity index (χ1n) is 7.27. The van der Waals surface area contributed by atoms with Gasteiger partial charge in [0.2, 0.25) is 5.91 Å². The van der Waals surface area contributed by atoms with Gasteiger partial charge in [0.25, 0.3) is 0 Å². The Hall–Kier alpha value is -2.12. The van der Waals surface area contributed by atoms with Gasteiger partial charge in [-0.25, -0.2) is 10.9 Å². The third-order valence-corrected chi connectivity index (χ3v) is 3.74. The van der Waals surface area contributed by atoms with Crippen LogP contribution in [0.15, 0.2) is 48.5 Å². The Kier molecular flexibility index (Phi) is 4.78. The van der Waals surface area contributed by atoms with Gasteiger partial charge in [0, 0.05) is 16.4 Å². The molecule has 0 aliphatic carbocycles. The number of nitrogens with one attached hydrogen (secondary N) is 5. The zero-order chi connectivity index (χ0) is 16.2. The Morgan fingerprint density at radius 1 is 1.09 bits per heavy atom. The van der Waals surface area contributed by atoms with E-state index in [1.807, 2.05) is 43.3 Å². The summed E-state index contributed by atoms with van der Waals surface area (Å²) in [6.07, 6.45) is -0.321. The SMILES string of the molecule is Cc1cccc(NC(=O)C2NNNC2Nc2cccc(Cl)c2)c1. The van der Waals surface area contributed by atoms with Crippen molar-refractivity contribution in [3.05, 3.63) is 59.1 Å². The second kappa shape index (κ2) is 6.97. The Morgan fingerprint density at radius 3 is 2.65 bits per heavy atom. The van der Waals surface area contributed by atoms with Crippen LogP contribution in [0, 0.1) is 6.92 Å². The average molecular weight is 332 g/mol. The van der Waals surface area contributed by atoms with E-state index >= 15 is 0 Å². The molecule has 6 nitrogen and oxygen atoms in total. The van der Waals surface area contributed by atoms with E-state index < -0.39 is 6.04 Å². The number of hydrazine groups is 2. The highest BCUT2D eigenvalue weighted by atomic mass is 35.5. The molecule has 5 N–H and O–H groups in total. The number of benzene rings is 2. The number of carbonyl (C=O) groups is 1. The molecule has 1 amide bonds. The summed E-state index contributed by atoms with van der Waals surface area (Å²) in [5.74, 6) is -0.146. The topological polar surface area (TPSA) is 77.2 Å². The van der Waals surface area contributed by atoms with Crippen LogP contribution in [0.3, 0.4) is 0 Å². The van der Waals surface area contributed by atoms with Crippen LogP contribution in [-0.2, 0) is 4.79 Å². The predicted octanol–water partition coefficient (Wildman–Crippen LogP) is 2.01. The van der Waals surface area contributed by atoms with E-state index in [1.54, 1.807) is 12.1 Å². The van der Waals surface area contributed by atoms with E-state index in [0.717, 1.165) is 16.9 Å². The Balaban J connectivity index is 1.67. The fourth-order valence-corrected chi connectivity index (χ4v) is 2.59. The maximum Gasteiger partial charge on any atom is 0.246 e. The van der Waals surface area contributed by atoms with E-state index in [2.05, 4.69) is 27.0 Å². The lowest BCUT2D eigenvalue weighted by Gasteiger charge is -2.20. The van der Waals surface area contributed by atoms with Crippen molar-refractivity contribution < 1.29 is 4.79 Å². The number of hydrogen-bond acceptors (Lipinski definition) is 5. The van der Waals surface area contributed by atoms with Crippen LogP contribution >= 0.6 is 11.6 Å². The zero-order valence-electron chi connectivity index (χ0n) is 12.6. The number of anilines is 2. The first-order chi connectivity index (χ1) is 11.1. The molecule has 7 heteroatoms. The molecule has 1 fully saturated rings. The quantitative estimate of drug-likeness (QED) is 0.592. The molecular formula is C16H18ClN5O. The minimum absolute atomic E-state index is 0.146. The highest BCUT2D eigenvalue weighted by Crippen LogP contribution is 2.17. The summed E-state index contributed by atoms with van der Waals surface area (Å²) in [5, 5.41) is 6.77. The lowest BCUT2D eigenvalue weighted by atomic mass is 10.2. The molecule has 0 saturated carbocycles. The van der Waals surface area contributed by atoms with Gasteiger partial charge in [0.15, 0.2) is 0 Å². The lowest BCUT2D eigenvalue weighted by molar-refractivity contribution is -0.118. The molecule has 2 unspecified atom stereocenters. The van der Waals surface area contributed by atoms with E-state index in [-0.39, 0.29) is 12.1 Å². The molecule has 2 aromatic rings. The van der Waals surface area contributed by atoms with Gasteiger partial charge >= 0.3 is 0 Å². The van der Waals surface area contributed by atoms with Crippen LogP contribution in [0.4, 0.5) is 11.4 Å². The summed E-state index contributed by atoms with van der Waals surface area (Å²) in [6.45, 7) is 1.98. The smallest absolute Gasteiger partial charge is 0.246 e. The monoisotopic (exact) mass is 331 g/mol. The van der Waals surface area contributed by atoms with Gasteiger partial charge in [-0.05, 0) is 42.8 Å². The summed E-state index contributed by atoms with van der Waals surface area (Å²) in [5.41, 5.74) is 11.3. The van der Waals surface area contributed by atoms with Crippen molar-refractivity contribution in [2.24, 2.45) is 0 Å². The van der Waals surface area contributed by atoms with Crippen LogP contribution in [0.2, 0.25) is 5.02 Å². The second-order valence-electron chi connectivity index (χ2n) is 5.38. The molecule has 23 heavy (non-hydrogen) atoms. The van der Waals surface area contributed by atoms with Crippen molar-refractivity contribution in [1.82, 2.24) is 16.4 Å². The molecule has 3 rings (SSSR count). The third-order valence-electron chi connectivity index (χ3n) is 3.50. The van der Waals surface area contributed by atoms with E-state index in [0.29, 0.717) is 5.02 Å². The summed E-state index contributed by atoms with van der Waals surface area (Å²) in [4.78, 5) is 12.5. The van der Waals surface area contributed by atoms with E-state index in [4.69, 9.17) is 11.6 Å². The van der Waals surface area contributed by atoms with Gasteiger partial charge in [0.1, 0.15) is 12.2 Å². The van der Waals surface area contributed by atoms with Crippen molar-refractivity contribution in [2.45, 2.75) is 19.1 Å². The average Bonchev–Trinajstić information content (AvgIpc) is 2.95. The largest absolute Gasteiger partial charge is 0.367 e. The Morgan fingerprint density at radius 2 is 1.87 bits per heavy atom. The Labute approximate surface area is 139 Å². The standard InChI is InChI=1S/C16H18ClN5O/c1-10-4-2-6-12(8-10)19-16(23)14-15(21-22-20-14)18-13-7-3-5-11(17)9-13/h2-9,14-15,18,20-22H,1H3,(H,19,23). The van der Waals surface area contributed by atoms with Crippen molar-refractivity contribution in [2.75, 3.05) is 10.6 Å². The van der Waals surface area contributed by atoms with Crippen LogP contribution in [0.1, 0.15) is 5.56 Å². The highest BCUT2D eigenvalue weighted by Gasteiger charge is 2.32. The van der Waals surface area contributed by atoms with Crippen molar-refractivity contribution in [1.29, 1.82) is 0 Å². The maximum atomic E-state index is 12.5. The van der Waals surface area contributed by atoms with E-state index in [1.165, 1.54) is 0 Å². The van der Waals surface area contributed by atoms with Crippen molar-refractivity contribution in [3.8, 4) is 0 Å². The number of halogens is 1. The van der Waals surface area contributed by atoms with Gasteiger partial charge in [-0.2, -0.15) is 5.53 Å². The van der Waals surface area contributed by atoms with Crippen molar-refractivity contribution in [3.63, 3.8) is 0 Å². The van der Waals surface area contributed by atoms with Gasteiger partial charge in [-0.15, -0.1) is 0 Å². The predicted molar refractivity (Wildman–Crippen MR) is 91.9 cm³/mol. The Bertz CT molecular complexity index is 708. The summed E-state index contributed by atoms with van der Waals surface area (Å²) >= 11 is 5.98. The highest BCUT2D eigenvalue weighted by molar-refractivity contribution is 6.30.